The number of hydrogen-bond acceptors (Lipinski definition) is 0. The minimum Gasteiger partial charge on any atom is -0.226 e. The van der Waals surface area contributed by atoms with Crippen LogP contribution in [0.3, 0.4) is 0 Å². The van der Waals surface area contributed by atoms with Gasteiger partial charge in [-0.3, -0.25) is 0 Å². The second-order valence-electron chi connectivity index (χ2n) is 7.55. The molecule has 1 nitrogen and oxygen atoms in total. The topological polar surface area (TPSA) is 3.01 Å². The van der Waals surface area contributed by atoms with Crippen molar-refractivity contribution in [2.24, 2.45) is 5.41 Å². The Balaban J connectivity index is 2.66. The quantitative estimate of drug-likeness (QED) is 0.691. The number of nitrogens with zero attached hydrogens (tertiary/aromatic N) is 1. The summed E-state index contributed by atoms with van der Waals surface area (Å²) < 4.78 is 2.62. The summed E-state index contributed by atoms with van der Waals surface area (Å²) in [5.74, 6) is 0. The first-order valence-corrected chi connectivity index (χ1v) is 7.39. The molecule has 0 saturated heterocycles. The Labute approximate surface area is 118 Å². The summed E-state index contributed by atoms with van der Waals surface area (Å²) in [7, 11) is 0. The van der Waals surface area contributed by atoms with Gasteiger partial charge in [0.25, 0.3) is 0 Å². The minimum absolute atomic E-state index is 0.234. The second kappa shape index (κ2) is 4.47. The summed E-state index contributed by atoms with van der Waals surface area (Å²) in [6.07, 6.45) is 1.21. The van der Waals surface area contributed by atoms with Gasteiger partial charge in [-0.05, 0) is 60.6 Å². The molecule has 0 aromatic heterocycles. The van der Waals surface area contributed by atoms with Crippen molar-refractivity contribution in [3.05, 3.63) is 35.4 Å². The first kappa shape index (κ1) is 14.3. The van der Waals surface area contributed by atoms with E-state index in [1.807, 2.05) is 0 Å². The predicted octanol–water partition coefficient (Wildman–Crippen LogP) is 4.41. The van der Waals surface area contributed by atoms with Gasteiger partial charge in [-0.1, -0.05) is 17.7 Å². The molecule has 2 rings (SSSR count). The number of rotatable bonds is 2. The highest BCUT2D eigenvalue weighted by atomic mass is 15.1. The van der Waals surface area contributed by atoms with E-state index in [9.17, 15) is 0 Å². The lowest BCUT2D eigenvalue weighted by Gasteiger charge is -2.21. The lowest BCUT2D eigenvalue weighted by atomic mass is 9.79. The molecule has 0 fully saturated rings. The van der Waals surface area contributed by atoms with Crippen LogP contribution in [0.1, 0.15) is 59.1 Å². The average molecular weight is 258 g/mol. The van der Waals surface area contributed by atoms with E-state index in [1.54, 1.807) is 0 Å². The Bertz CT molecular complexity index is 501. The molecule has 1 aliphatic heterocycles. The normalized spacial score (nSPS) is 21.3. The molecule has 1 heteroatoms. The standard InChI is InChI=1S/C18H28N/c1-13(2)19-16(15-10-8-14(3)9-11-15)17(4,5)12-18(19,6)7/h8-11,13H,12H2,1-7H3/q+1. The minimum atomic E-state index is 0.234. The molecule has 0 radical (unpaired) electrons. The van der Waals surface area contributed by atoms with Crippen LogP contribution in [-0.2, 0) is 0 Å². The Hall–Kier alpha value is -1.11. The largest absolute Gasteiger partial charge is 0.226 e. The SMILES string of the molecule is Cc1ccc(C2=[N+](C(C)C)C(C)(C)CC2(C)C)cc1. The molecule has 1 aromatic rings. The van der Waals surface area contributed by atoms with Gasteiger partial charge in [0.1, 0.15) is 6.04 Å². The van der Waals surface area contributed by atoms with E-state index in [2.05, 4.69) is 77.3 Å². The highest BCUT2D eigenvalue weighted by Crippen LogP contribution is 2.41. The van der Waals surface area contributed by atoms with Crippen molar-refractivity contribution in [3.8, 4) is 0 Å². The monoisotopic (exact) mass is 258 g/mol. The maximum Gasteiger partial charge on any atom is 0.189 e. The van der Waals surface area contributed by atoms with Crippen molar-refractivity contribution in [2.75, 3.05) is 0 Å². The van der Waals surface area contributed by atoms with E-state index in [0.29, 0.717) is 6.04 Å². The Morgan fingerprint density at radius 2 is 1.53 bits per heavy atom. The Kier molecular flexibility index (Phi) is 3.36. The van der Waals surface area contributed by atoms with Gasteiger partial charge in [0, 0.05) is 12.0 Å². The van der Waals surface area contributed by atoms with Crippen molar-refractivity contribution in [2.45, 2.75) is 66.5 Å². The lowest BCUT2D eigenvalue weighted by molar-refractivity contribution is -0.619. The molecular formula is C18H28N+. The van der Waals surface area contributed by atoms with E-state index in [1.165, 1.54) is 23.3 Å². The van der Waals surface area contributed by atoms with Crippen LogP contribution in [-0.4, -0.2) is 21.9 Å². The van der Waals surface area contributed by atoms with Crippen molar-refractivity contribution in [1.29, 1.82) is 0 Å². The van der Waals surface area contributed by atoms with Crippen LogP contribution in [0, 0.1) is 12.3 Å². The first-order chi connectivity index (χ1) is 8.65. The van der Waals surface area contributed by atoms with E-state index in [4.69, 9.17) is 0 Å². The van der Waals surface area contributed by atoms with Crippen LogP contribution in [0.2, 0.25) is 0 Å². The summed E-state index contributed by atoms with van der Waals surface area (Å²) in [6, 6.07) is 9.55. The fourth-order valence-electron chi connectivity index (χ4n) is 4.08. The first-order valence-electron chi connectivity index (χ1n) is 7.39. The van der Waals surface area contributed by atoms with Crippen molar-refractivity contribution >= 4 is 5.71 Å². The second-order valence-corrected chi connectivity index (χ2v) is 7.55. The van der Waals surface area contributed by atoms with Gasteiger partial charge in [-0.2, -0.15) is 0 Å². The summed E-state index contributed by atoms with van der Waals surface area (Å²) >= 11 is 0. The molecule has 1 heterocycles. The zero-order valence-corrected chi connectivity index (χ0v) is 13.5. The molecule has 0 spiro atoms. The summed E-state index contributed by atoms with van der Waals surface area (Å²) in [5, 5.41) is 0. The molecular weight excluding hydrogens is 230 g/mol. The molecule has 0 atom stereocenters. The van der Waals surface area contributed by atoms with Crippen molar-refractivity contribution in [1.82, 2.24) is 0 Å². The Morgan fingerprint density at radius 1 is 1.00 bits per heavy atom. The van der Waals surface area contributed by atoms with Crippen molar-refractivity contribution < 1.29 is 4.58 Å². The smallest absolute Gasteiger partial charge is 0.189 e. The fourth-order valence-corrected chi connectivity index (χ4v) is 4.08. The van der Waals surface area contributed by atoms with Gasteiger partial charge in [-0.25, -0.2) is 4.58 Å². The molecule has 0 unspecified atom stereocenters. The zero-order valence-electron chi connectivity index (χ0n) is 13.5. The van der Waals surface area contributed by atoms with Gasteiger partial charge in [0.05, 0.1) is 5.41 Å². The third-order valence-electron chi connectivity index (χ3n) is 4.25. The van der Waals surface area contributed by atoms with Gasteiger partial charge >= 0.3 is 0 Å². The molecule has 1 aliphatic rings. The van der Waals surface area contributed by atoms with E-state index in [-0.39, 0.29) is 11.0 Å². The highest BCUT2D eigenvalue weighted by molar-refractivity contribution is 6.01. The molecule has 19 heavy (non-hydrogen) atoms. The molecule has 104 valence electrons. The maximum absolute atomic E-state index is 2.62. The van der Waals surface area contributed by atoms with Gasteiger partial charge in [0.15, 0.2) is 11.3 Å². The highest BCUT2D eigenvalue weighted by Gasteiger charge is 2.52. The van der Waals surface area contributed by atoms with Gasteiger partial charge in [-0.15, -0.1) is 0 Å². The van der Waals surface area contributed by atoms with Gasteiger partial charge < -0.3 is 0 Å². The van der Waals surface area contributed by atoms with E-state index < -0.39 is 0 Å². The molecule has 0 saturated carbocycles. The van der Waals surface area contributed by atoms with Crippen LogP contribution in [0.15, 0.2) is 24.3 Å². The molecule has 1 aromatic carbocycles. The number of hydrogen-bond donors (Lipinski definition) is 0. The van der Waals surface area contributed by atoms with Crippen LogP contribution >= 0.6 is 0 Å². The van der Waals surface area contributed by atoms with Crippen LogP contribution in [0.25, 0.3) is 0 Å². The van der Waals surface area contributed by atoms with Gasteiger partial charge in [0.2, 0.25) is 0 Å². The van der Waals surface area contributed by atoms with Crippen molar-refractivity contribution in [3.63, 3.8) is 0 Å². The lowest BCUT2D eigenvalue weighted by Crippen LogP contribution is -2.38. The number of benzene rings is 1. The summed E-state index contributed by atoms with van der Waals surface area (Å²) in [5.41, 5.74) is 4.69. The fraction of sp³-hybridized carbons (Fsp3) is 0.611. The maximum atomic E-state index is 2.62. The third-order valence-corrected chi connectivity index (χ3v) is 4.25. The summed E-state index contributed by atoms with van der Waals surface area (Å²) in [6.45, 7) is 16.3. The van der Waals surface area contributed by atoms with Crippen LogP contribution in [0.5, 0.6) is 0 Å². The van der Waals surface area contributed by atoms with Crippen LogP contribution < -0.4 is 0 Å². The Morgan fingerprint density at radius 3 is 2.00 bits per heavy atom. The average Bonchev–Trinajstić information content (AvgIpc) is 2.44. The molecule has 0 amide bonds. The third kappa shape index (κ3) is 2.48. The number of aryl methyl sites for hydroxylation is 1. The van der Waals surface area contributed by atoms with E-state index in [0.717, 1.165) is 0 Å². The van der Waals surface area contributed by atoms with Crippen LogP contribution in [0.4, 0.5) is 0 Å². The predicted molar refractivity (Wildman–Crippen MR) is 83.2 cm³/mol. The zero-order chi connectivity index (χ0) is 14.4. The molecule has 0 aliphatic carbocycles. The molecule has 0 N–H and O–H groups in total. The molecule has 0 bridgehead atoms. The van der Waals surface area contributed by atoms with E-state index >= 15 is 0 Å². The summed E-state index contributed by atoms with van der Waals surface area (Å²) in [4.78, 5) is 0.